The van der Waals surface area contributed by atoms with Crippen LogP contribution in [0.25, 0.3) is 0 Å². The van der Waals surface area contributed by atoms with E-state index in [-0.39, 0.29) is 5.69 Å². The fourth-order valence-corrected chi connectivity index (χ4v) is 2.34. The van der Waals surface area contributed by atoms with E-state index < -0.39 is 11.8 Å². The van der Waals surface area contributed by atoms with Crippen LogP contribution in [0.15, 0.2) is 23.6 Å². The van der Waals surface area contributed by atoms with Crippen LogP contribution in [0, 0.1) is 5.82 Å². The van der Waals surface area contributed by atoms with Gasteiger partial charge in [0.1, 0.15) is 5.82 Å². The summed E-state index contributed by atoms with van der Waals surface area (Å²) < 4.78 is 12.8. The second-order valence-corrected chi connectivity index (χ2v) is 4.69. The minimum Gasteiger partial charge on any atom is -0.476 e. The molecule has 17 heavy (non-hydrogen) atoms. The molecule has 1 aromatic carbocycles. The van der Waals surface area contributed by atoms with Crippen molar-refractivity contribution in [3.63, 3.8) is 0 Å². The number of carboxylic acid groups (broad SMARTS) is 1. The van der Waals surface area contributed by atoms with Crippen LogP contribution in [0.5, 0.6) is 0 Å². The lowest BCUT2D eigenvalue weighted by molar-refractivity contribution is 0.0691. The molecule has 0 amide bonds. The average Bonchev–Trinajstić information content (AvgIpc) is 2.71. The summed E-state index contributed by atoms with van der Waals surface area (Å²) in [5.74, 6) is -1.46. The summed E-state index contributed by atoms with van der Waals surface area (Å²) >= 11 is 7.11. The monoisotopic (exact) mass is 271 g/mol. The summed E-state index contributed by atoms with van der Waals surface area (Å²) in [6.45, 7) is 0. The van der Waals surface area contributed by atoms with Gasteiger partial charge in [-0.15, -0.1) is 11.3 Å². The molecule has 1 aromatic heterocycles. The minimum atomic E-state index is -1.06. The normalized spacial score (nSPS) is 10.5. The van der Waals surface area contributed by atoms with Gasteiger partial charge in [-0.2, -0.15) is 0 Å². The van der Waals surface area contributed by atoms with E-state index in [1.54, 1.807) is 6.07 Å². The molecule has 0 saturated heterocycles. The Hall–Kier alpha value is -1.46. The van der Waals surface area contributed by atoms with E-state index in [1.165, 1.54) is 28.8 Å². The molecule has 2 aromatic rings. The Labute approximate surface area is 106 Å². The van der Waals surface area contributed by atoms with Crippen molar-refractivity contribution >= 4 is 28.9 Å². The molecule has 0 aliphatic rings. The van der Waals surface area contributed by atoms with Crippen molar-refractivity contribution in [3.05, 3.63) is 50.7 Å². The molecule has 1 heterocycles. The predicted molar refractivity (Wildman–Crippen MR) is 63.3 cm³/mol. The van der Waals surface area contributed by atoms with E-state index in [0.717, 1.165) is 5.56 Å². The maximum atomic E-state index is 12.8. The summed E-state index contributed by atoms with van der Waals surface area (Å²) in [5, 5.41) is 11.1. The highest BCUT2D eigenvalue weighted by molar-refractivity contribution is 7.09. The quantitative estimate of drug-likeness (QED) is 0.932. The molecule has 0 spiro atoms. The Kier molecular flexibility index (Phi) is 3.40. The van der Waals surface area contributed by atoms with Crippen molar-refractivity contribution in [1.29, 1.82) is 0 Å². The lowest BCUT2D eigenvalue weighted by Crippen LogP contribution is -1.97. The van der Waals surface area contributed by atoms with Crippen LogP contribution < -0.4 is 0 Å². The highest BCUT2D eigenvalue weighted by Crippen LogP contribution is 2.22. The van der Waals surface area contributed by atoms with Gasteiger partial charge in [-0.1, -0.05) is 17.7 Å². The first-order chi connectivity index (χ1) is 8.06. The highest BCUT2D eigenvalue weighted by atomic mass is 35.5. The third kappa shape index (κ3) is 2.81. The van der Waals surface area contributed by atoms with Crippen molar-refractivity contribution < 1.29 is 14.3 Å². The first-order valence-electron chi connectivity index (χ1n) is 4.68. The second kappa shape index (κ2) is 4.81. The number of aromatic nitrogens is 1. The molecular formula is C11H7ClFNO2S. The molecule has 0 fully saturated rings. The zero-order valence-corrected chi connectivity index (χ0v) is 10.1. The van der Waals surface area contributed by atoms with E-state index in [1.807, 2.05) is 0 Å². The number of hydrogen-bond acceptors (Lipinski definition) is 3. The molecule has 0 unspecified atom stereocenters. The SMILES string of the molecule is O=C(O)c1csc(Cc2ccc(F)cc2Cl)n1. The number of aromatic carboxylic acids is 1. The molecule has 3 nitrogen and oxygen atoms in total. The molecule has 6 heteroatoms. The van der Waals surface area contributed by atoms with Gasteiger partial charge in [-0.3, -0.25) is 0 Å². The van der Waals surface area contributed by atoms with Crippen molar-refractivity contribution in [2.75, 3.05) is 0 Å². The fourth-order valence-electron chi connectivity index (χ4n) is 1.32. The van der Waals surface area contributed by atoms with Gasteiger partial charge >= 0.3 is 5.97 Å². The van der Waals surface area contributed by atoms with Crippen molar-refractivity contribution in [1.82, 2.24) is 4.98 Å². The number of carboxylic acids is 1. The van der Waals surface area contributed by atoms with Gasteiger partial charge in [0.15, 0.2) is 5.69 Å². The minimum absolute atomic E-state index is 0.0169. The third-order valence-corrected chi connectivity index (χ3v) is 3.33. The molecule has 2 rings (SSSR count). The molecule has 1 N–H and O–H groups in total. The van der Waals surface area contributed by atoms with Crippen LogP contribution in [0.1, 0.15) is 21.1 Å². The molecule has 0 bridgehead atoms. The molecule has 0 atom stereocenters. The topological polar surface area (TPSA) is 50.2 Å². The van der Waals surface area contributed by atoms with Gasteiger partial charge in [-0.05, 0) is 17.7 Å². The third-order valence-electron chi connectivity index (χ3n) is 2.13. The molecule has 0 aliphatic carbocycles. The summed E-state index contributed by atoms with van der Waals surface area (Å²) in [6.07, 6.45) is 0.400. The summed E-state index contributed by atoms with van der Waals surface area (Å²) in [5.41, 5.74) is 0.739. The smallest absolute Gasteiger partial charge is 0.355 e. The van der Waals surface area contributed by atoms with Crippen LogP contribution >= 0.6 is 22.9 Å². The largest absolute Gasteiger partial charge is 0.476 e. The van der Waals surface area contributed by atoms with E-state index in [0.29, 0.717) is 16.5 Å². The van der Waals surface area contributed by atoms with Crippen molar-refractivity contribution in [2.24, 2.45) is 0 Å². The Balaban J connectivity index is 2.22. The first kappa shape index (κ1) is 12.0. The second-order valence-electron chi connectivity index (χ2n) is 3.34. The van der Waals surface area contributed by atoms with E-state index >= 15 is 0 Å². The van der Waals surface area contributed by atoms with Gasteiger partial charge in [-0.25, -0.2) is 14.2 Å². The van der Waals surface area contributed by atoms with Crippen molar-refractivity contribution in [3.8, 4) is 0 Å². The Morgan fingerprint density at radius 3 is 2.88 bits per heavy atom. The molecule has 88 valence electrons. The highest BCUT2D eigenvalue weighted by Gasteiger charge is 2.10. The van der Waals surface area contributed by atoms with Gasteiger partial charge in [0.25, 0.3) is 0 Å². The first-order valence-corrected chi connectivity index (χ1v) is 5.93. The van der Waals surface area contributed by atoms with Crippen LogP contribution in [-0.2, 0) is 6.42 Å². The zero-order valence-electron chi connectivity index (χ0n) is 8.48. The Morgan fingerprint density at radius 2 is 2.29 bits per heavy atom. The van der Waals surface area contributed by atoms with E-state index in [4.69, 9.17) is 16.7 Å². The van der Waals surface area contributed by atoms with Crippen LogP contribution in [0.3, 0.4) is 0 Å². The summed E-state index contributed by atoms with van der Waals surface area (Å²) in [4.78, 5) is 14.6. The molecule has 0 aliphatic heterocycles. The lowest BCUT2D eigenvalue weighted by Gasteiger charge is -2.01. The molecule has 0 radical (unpaired) electrons. The maximum absolute atomic E-state index is 12.8. The number of hydrogen-bond donors (Lipinski definition) is 1. The molecular weight excluding hydrogens is 265 g/mol. The lowest BCUT2D eigenvalue weighted by atomic mass is 10.1. The maximum Gasteiger partial charge on any atom is 0.355 e. The fraction of sp³-hybridized carbons (Fsp3) is 0.0909. The Morgan fingerprint density at radius 1 is 1.53 bits per heavy atom. The average molecular weight is 272 g/mol. The number of benzene rings is 1. The number of nitrogens with zero attached hydrogens (tertiary/aromatic N) is 1. The van der Waals surface area contributed by atoms with Gasteiger partial charge in [0.2, 0.25) is 0 Å². The van der Waals surface area contributed by atoms with E-state index in [9.17, 15) is 9.18 Å². The number of rotatable bonds is 3. The van der Waals surface area contributed by atoms with Gasteiger partial charge in [0, 0.05) is 16.8 Å². The van der Waals surface area contributed by atoms with Gasteiger partial charge in [0.05, 0.1) is 5.01 Å². The van der Waals surface area contributed by atoms with Gasteiger partial charge < -0.3 is 5.11 Å². The summed E-state index contributed by atoms with van der Waals surface area (Å²) in [6, 6.07) is 4.11. The van der Waals surface area contributed by atoms with E-state index in [2.05, 4.69) is 4.98 Å². The standard InChI is InChI=1S/C11H7ClFNO2S/c12-8-4-7(13)2-1-6(8)3-10-14-9(5-17-10)11(15)16/h1-2,4-5H,3H2,(H,15,16). The summed E-state index contributed by atoms with van der Waals surface area (Å²) in [7, 11) is 0. The van der Waals surface area contributed by atoms with Crippen LogP contribution in [0.4, 0.5) is 4.39 Å². The Bertz CT molecular complexity index is 570. The number of halogens is 2. The number of thiazole rings is 1. The van der Waals surface area contributed by atoms with Crippen LogP contribution in [-0.4, -0.2) is 16.1 Å². The number of carbonyl (C=O) groups is 1. The van der Waals surface area contributed by atoms with Crippen LogP contribution in [0.2, 0.25) is 5.02 Å². The van der Waals surface area contributed by atoms with Crippen molar-refractivity contribution in [2.45, 2.75) is 6.42 Å². The molecule has 0 saturated carbocycles. The zero-order chi connectivity index (χ0) is 12.4. The predicted octanol–water partition coefficient (Wildman–Crippen LogP) is 3.22.